The molecule has 1 saturated heterocycles. The van der Waals surface area contributed by atoms with Crippen molar-refractivity contribution in [2.45, 2.75) is 32.7 Å². The topological polar surface area (TPSA) is 35.6 Å². The first-order chi connectivity index (χ1) is 10.6. The predicted molar refractivity (Wildman–Crippen MR) is 93.3 cm³/mol. The van der Waals surface area contributed by atoms with Crippen molar-refractivity contribution in [1.29, 1.82) is 0 Å². The number of likely N-dealkylation sites (N-methyl/N-ethyl adjacent to an activating group) is 1. The van der Waals surface area contributed by atoms with Crippen molar-refractivity contribution in [3.05, 3.63) is 22.4 Å². The van der Waals surface area contributed by atoms with Crippen LogP contribution < -0.4 is 5.32 Å². The maximum Gasteiger partial charge on any atom is 0.220 e. The molecule has 0 aromatic carbocycles. The van der Waals surface area contributed by atoms with Gasteiger partial charge in [-0.3, -0.25) is 9.69 Å². The number of amides is 1. The van der Waals surface area contributed by atoms with Gasteiger partial charge in [-0.15, -0.1) is 11.3 Å². The van der Waals surface area contributed by atoms with Crippen molar-refractivity contribution in [2.24, 2.45) is 5.92 Å². The third kappa shape index (κ3) is 5.38. The van der Waals surface area contributed by atoms with Gasteiger partial charge in [0.25, 0.3) is 0 Å². The molecule has 5 heteroatoms. The van der Waals surface area contributed by atoms with Gasteiger partial charge >= 0.3 is 0 Å². The van der Waals surface area contributed by atoms with Crippen LogP contribution in [-0.2, 0) is 11.2 Å². The molecule has 0 spiro atoms. The monoisotopic (exact) mass is 323 g/mol. The highest BCUT2D eigenvalue weighted by Crippen LogP contribution is 2.13. The molecule has 22 heavy (non-hydrogen) atoms. The number of hydrogen-bond donors (Lipinski definition) is 1. The zero-order valence-electron chi connectivity index (χ0n) is 14.0. The Morgan fingerprint density at radius 3 is 2.64 bits per heavy atom. The quantitative estimate of drug-likeness (QED) is 0.834. The number of rotatable bonds is 7. The number of carbonyl (C=O) groups is 1. The van der Waals surface area contributed by atoms with E-state index in [1.54, 1.807) is 11.3 Å². The lowest BCUT2D eigenvalue weighted by atomic mass is 10.0. The smallest absolute Gasteiger partial charge is 0.220 e. The Kier molecular flexibility index (Phi) is 6.86. The van der Waals surface area contributed by atoms with Crippen LogP contribution in [0.25, 0.3) is 0 Å². The van der Waals surface area contributed by atoms with Gasteiger partial charge in [-0.1, -0.05) is 19.9 Å². The highest BCUT2D eigenvalue weighted by atomic mass is 32.1. The predicted octanol–water partition coefficient (Wildman–Crippen LogP) is 2.07. The molecule has 1 unspecified atom stereocenters. The first kappa shape index (κ1) is 17.4. The van der Waals surface area contributed by atoms with Crippen molar-refractivity contribution in [2.75, 3.05) is 39.8 Å². The summed E-state index contributed by atoms with van der Waals surface area (Å²) in [5, 5.41) is 5.21. The summed E-state index contributed by atoms with van der Waals surface area (Å²) in [6.07, 6.45) is 1.44. The van der Waals surface area contributed by atoms with E-state index in [9.17, 15) is 4.79 Å². The molecule has 0 radical (unpaired) electrons. The second-order valence-corrected chi connectivity index (χ2v) is 7.57. The number of nitrogens with one attached hydrogen (secondary N) is 1. The van der Waals surface area contributed by atoms with Gasteiger partial charge in [-0.2, -0.15) is 0 Å². The van der Waals surface area contributed by atoms with Crippen LogP contribution in [0.4, 0.5) is 0 Å². The summed E-state index contributed by atoms with van der Waals surface area (Å²) in [7, 11) is 2.17. The summed E-state index contributed by atoms with van der Waals surface area (Å²) in [5.74, 6) is 0.731. The standard InChI is InChI=1S/C17H29N3OS/c1-14(2)16(20-10-8-19(3)9-11-20)13-18-17(21)7-6-15-5-4-12-22-15/h4-5,12,14,16H,6-11,13H2,1-3H3,(H,18,21). The average Bonchev–Trinajstić information content (AvgIpc) is 3.00. The number of thiophene rings is 1. The van der Waals surface area contributed by atoms with E-state index in [0.717, 1.165) is 39.1 Å². The zero-order chi connectivity index (χ0) is 15.9. The number of aryl methyl sites for hydroxylation is 1. The van der Waals surface area contributed by atoms with Crippen molar-refractivity contribution in [1.82, 2.24) is 15.1 Å². The molecule has 0 saturated carbocycles. The largest absolute Gasteiger partial charge is 0.355 e. The number of piperazine rings is 1. The Hall–Kier alpha value is -0.910. The van der Waals surface area contributed by atoms with E-state index < -0.39 is 0 Å². The molecule has 0 aliphatic carbocycles. The Labute approximate surface area is 138 Å². The summed E-state index contributed by atoms with van der Waals surface area (Å²) >= 11 is 1.72. The molecule has 2 heterocycles. The highest BCUT2D eigenvalue weighted by Gasteiger charge is 2.25. The van der Waals surface area contributed by atoms with Gasteiger partial charge in [0, 0.05) is 50.1 Å². The fourth-order valence-electron chi connectivity index (χ4n) is 2.94. The number of carbonyl (C=O) groups excluding carboxylic acids is 1. The van der Waals surface area contributed by atoms with E-state index in [1.165, 1.54) is 4.88 Å². The van der Waals surface area contributed by atoms with Crippen LogP contribution >= 0.6 is 11.3 Å². The summed E-state index contributed by atoms with van der Waals surface area (Å²) < 4.78 is 0. The second-order valence-electron chi connectivity index (χ2n) is 6.53. The van der Waals surface area contributed by atoms with Gasteiger partial charge in [0.15, 0.2) is 0 Å². The molecule has 1 atom stereocenters. The number of nitrogens with zero attached hydrogens (tertiary/aromatic N) is 2. The van der Waals surface area contributed by atoms with Crippen LogP contribution in [0, 0.1) is 5.92 Å². The molecule has 1 aliphatic rings. The van der Waals surface area contributed by atoms with Crippen molar-refractivity contribution < 1.29 is 4.79 Å². The molecular weight excluding hydrogens is 294 g/mol. The van der Waals surface area contributed by atoms with E-state index >= 15 is 0 Å². The van der Waals surface area contributed by atoms with Crippen molar-refractivity contribution in [3.8, 4) is 0 Å². The maximum absolute atomic E-state index is 12.1. The van der Waals surface area contributed by atoms with Crippen molar-refractivity contribution >= 4 is 17.2 Å². The van der Waals surface area contributed by atoms with Gasteiger partial charge < -0.3 is 10.2 Å². The molecule has 4 nitrogen and oxygen atoms in total. The lowest BCUT2D eigenvalue weighted by Gasteiger charge is -2.39. The first-order valence-corrected chi connectivity index (χ1v) is 9.16. The normalized spacial score (nSPS) is 18.5. The van der Waals surface area contributed by atoms with E-state index in [2.05, 4.69) is 47.5 Å². The molecular formula is C17H29N3OS. The summed E-state index contributed by atoms with van der Waals surface area (Å²) in [4.78, 5) is 18.3. The average molecular weight is 324 g/mol. The van der Waals surface area contributed by atoms with Crippen LogP contribution in [0.2, 0.25) is 0 Å². The van der Waals surface area contributed by atoms with Crippen LogP contribution in [0.1, 0.15) is 25.1 Å². The Morgan fingerprint density at radius 2 is 2.05 bits per heavy atom. The molecule has 1 N–H and O–H groups in total. The van der Waals surface area contributed by atoms with Gasteiger partial charge in [0.1, 0.15) is 0 Å². The molecule has 1 aliphatic heterocycles. The summed E-state index contributed by atoms with van der Waals surface area (Å²) in [5.41, 5.74) is 0. The summed E-state index contributed by atoms with van der Waals surface area (Å²) in [6, 6.07) is 4.58. The van der Waals surface area contributed by atoms with Crippen LogP contribution in [-0.4, -0.2) is 61.5 Å². The van der Waals surface area contributed by atoms with E-state index in [4.69, 9.17) is 0 Å². The molecule has 1 fully saturated rings. The Bertz CT molecular complexity index is 439. The van der Waals surface area contributed by atoms with Crippen LogP contribution in [0.5, 0.6) is 0 Å². The van der Waals surface area contributed by atoms with Gasteiger partial charge in [0.2, 0.25) is 5.91 Å². The second kappa shape index (κ2) is 8.65. The lowest BCUT2D eigenvalue weighted by molar-refractivity contribution is -0.121. The van der Waals surface area contributed by atoms with Gasteiger partial charge in [-0.25, -0.2) is 0 Å². The maximum atomic E-state index is 12.1. The minimum absolute atomic E-state index is 0.174. The fraction of sp³-hybridized carbons (Fsp3) is 0.706. The molecule has 124 valence electrons. The first-order valence-electron chi connectivity index (χ1n) is 8.28. The third-order valence-electron chi connectivity index (χ3n) is 4.46. The SMILES string of the molecule is CC(C)C(CNC(=O)CCc1cccs1)N1CCN(C)CC1. The molecule has 1 aromatic rings. The summed E-state index contributed by atoms with van der Waals surface area (Å²) in [6.45, 7) is 9.71. The van der Waals surface area contributed by atoms with E-state index in [1.807, 2.05) is 6.07 Å². The molecule has 1 amide bonds. The van der Waals surface area contributed by atoms with Crippen LogP contribution in [0.3, 0.4) is 0 Å². The lowest BCUT2D eigenvalue weighted by Crippen LogP contribution is -2.54. The van der Waals surface area contributed by atoms with E-state index in [-0.39, 0.29) is 5.91 Å². The molecule has 2 rings (SSSR count). The third-order valence-corrected chi connectivity index (χ3v) is 5.40. The fourth-order valence-corrected chi connectivity index (χ4v) is 3.65. The van der Waals surface area contributed by atoms with Crippen molar-refractivity contribution in [3.63, 3.8) is 0 Å². The number of hydrogen-bond acceptors (Lipinski definition) is 4. The Morgan fingerprint density at radius 1 is 1.32 bits per heavy atom. The Balaban J connectivity index is 1.75. The minimum atomic E-state index is 0.174. The molecule has 0 bridgehead atoms. The van der Waals surface area contributed by atoms with Gasteiger partial charge in [-0.05, 0) is 30.8 Å². The van der Waals surface area contributed by atoms with Crippen LogP contribution in [0.15, 0.2) is 17.5 Å². The zero-order valence-corrected chi connectivity index (χ0v) is 14.9. The van der Waals surface area contributed by atoms with Gasteiger partial charge in [0.05, 0.1) is 0 Å². The minimum Gasteiger partial charge on any atom is -0.355 e. The van der Waals surface area contributed by atoms with E-state index in [0.29, 0.717) is 18.4 Å². The highest BCUT2D eigenvalue weighted by molar-refractivity contribution is 7.09. The molecule has 1 aromatic heterocycles.